The van der Waals surface area contributed by atoms with Gasteiger partial charge in [0, 0.05) is 52.8 Å². The average molecular weight is 460 g/mol. The second kappa shape index (κ2) is 9.16. The number of carbonyl (C=O) groups is 1. The van der Waals surface area contributed by atoms with Gasteiger partial charge in [-0.15, -0.1) is 11.3 Å². The number of halogens is 1. The Balaban J connectivity index is 1.55. The number of aromatic nitrogens is 2. The minimum Gasteiger partial charge on any atom is -0.363 e. The maximum absolute atomic E-state index is 12.2. The van der Waals surface area contributed by atoms with Crippen molar-refractivity contribution in [3.8, 4) is 0 Å². The molecule has 6 nitrogen and oxygen atoms in total. The third-order valence-corrected chi connectivity index (χ3v) is 5.64. The van der Waals surface area contributed by atoms with E-state index in [0.29, 0.717) is 18.9 Å². The van der Waals surface area contributed by atoms with Crippen molar-refractivity contribution in [3.63, 3.8) is 0 Å². The van der Waals surface area contributed by atoms with Gasteiger partial charge in [0.25, 0.3) is 0 Å². The van der Waals surface area contributed by atoms with Gasteiger partial charge in [-0.2, -0.15) is 4.98 Å². The Morgan fingerprint density at radius 3 is 2.57 bits per heavy atom. The van der Waals surface area contributed by atoms with Gasteiger partial charge in [0.15, 0.2) is 0 Å². The summed E-state index contributed by atoms with van der Waals surface area (Å²) in [6.07, 6.45) is 0.373. The van der Waals surface area contributed by atoms with Crippen molar-refractivity contribution in [1.29, 1.82) is 0 Å². The first-order valence-corrected chi connectivity index (χ1v) is 10.4. The quantitative estimate of drug-likeness (QED) is 0.545. The van der Waals surface area contributed by atoms with Crippen LogP contribution in [0.4, 0.5) is 17.5 Å². The fourth-order valence-electron chi connectivity index (χ4n) is 2.56. The monoisotopic (exact) mass is 459 g/mol. The summed E-state index contributed by atoms with van der Waals surface area (Å²) < 4.78 is 1.01. The van der Waals surface area contributed by atoms with Crippen molar-refractivity contribution in [3.05, 3.63) is 62.4 Å². The summed E-state index contributed by atoms with van der Waals surface area (Å²) >= 11 is 4.97. The Kier molecular flexibility index (Phi) is 6.64. The molecule has 1 aromatic carbocycles. The second-order valence-corrected chi connectivity index (χ2v) is 8.50. The Bertz CT molecular complexity index is 955. The van der Waals surface area contributed by atoms with E-state index in [1.807, 2.05) is 67.7 Å². The first-order chi connectivity index (χ1) is 13.4. The van der Waals surface area contributed by atoms with Crippen LogP contribution >= 0.6 is 27.3 Å². The summed E-state index contributed by atoms with van der Waals surface area (Å²) in [6, 6.07) is 11.7. The van der Waals surface area contributed by atoms with E-state index >= 15 is 0 Å². The molecule has 2 heterocycles. The summed E-state index contributed by atoms with van der Waals surface area (Å²) in [6.45, 7) is 2.56. The molecule has 2 N–H and O–H groups in total. The molecule has 0 unspecified atom stereocenters. The molecular weight excluding hydrogens is 438 g/mol. The first kappa shape index (κ1) is 20.3. The van der Waals surface area contributed by atoms with E-state index in [2.05, 4.69) is 36.5 Å². The van der Waals surface area contributed by atoms with Gasteiger partial charge in [0.05, 0.1) is 6.42 Å². The minimum atomic E-state index is -0.0235. The van der Waals surface area contributed by atoms with Crippen molar-refractivity contribution in [2.45, 2.75) is 19.9 Å². The molecule has 0 aliphatic heterocycles. The summed E-state index contributed by atoms with van der Waals surface area (Å²) in [5.74, 6) is 1.44. The molecule has 0 aliphatic rings. The highest BCUT2D eigenvalue weighted by Gasteiger charge is 2.07. The molecular formula is C20H22BrN5OS. The van der Waals surface area contributed by atoms with Gasteiger partial charge >= 0.3 is 0 Å². The van der Waals surface area contributed by atoms with Crippen LogP contribution in [0.2, 0.25) is 0 Å². The van der Waals surface area contributed by atoms with Crippen molar-refractivity contribution >= 4 is 50.6 Å². The SMILES string of the molecule is Cc1cc(N(C)C)nc(NCc2ccc(NC(=O)Cc3cc(Br)cs3)cc2)n1. The summed E-state index contributed by atoms with van der Waals surface area (Å²) in [7, 11) is 3.91. The molecule has 0 saturated heterocycles. The van der Waals surface area contributed by atoms with Crippen LogP contribution in [0.1, 0.15) is 16.1 Å². The molecule has 3 rings (SSSR count). The zero-order valence-corrected chi connectivity index (χ0v) is 18.4. The molecule has 0 radical (unpaired) electrons. The summed E-state index contributed by atoms with van der Waals surface area (Å²) in [5, 5.41) is 8.16. The Morgan fingerprint density at radius 2 is 1.93 bits per heavy atom. The number of benzene rings is 1. The standard InChI is InChI=1S/C20H22BrN5OS/c1-13-8-18(26(2)3)25-20(23-13)22-11-14-4-6-16(7-5-14)24-19(27)10-17-9-15(21)12-28-17/h4-9,12H,10-11H2,1-3H3,(H,24,27)(H,22,23,25). The lowest BCUT2D eigenvalue weighted by atomic mass is 10.2. The topological polar surface area (TPSA) is 70.2 Å². The smallest absolute Gasteiger partial charge is 0.229 e. The van der Waals surface area contributed by atoms with Crippen LogP contribution in [-0.2, 0) is 17.8 Å². The Hall–Kier alpha value is -2.45. The number of thiophene rings is 1. The van der Waals surface area contributed by atoms with Crippen LogP contribution in [-0.4, -0.2) is 30.0 Å². The van der Waals surface area contributed by atoms with Gasteiger partial charge in [-0.1, -0.05) is 12.1 Å². The molecule has 0 saturated carbocycles. The minimum absolute atomic E-state index is 0.0235. The third kappa shape index (κ3) is 5.77. The first-order valence-electron chi connectivity index (χ1n) is 8.77. The molecule has 146 valence electrons. The van der Waals surface area contributed by atoms with Crippen molar-refractivity contribution in [1.82, 2.24) is 9.97 Å². The number of nitrogens with zero attached hydrogens (tertiary/aromatic N) is 3. The van der Waals surface area contributed by atoms with Crippen LogP contribution in [0.5, 0.6) is 0 Å². The highest BCUT2D eigenvalue weighted by molar-refractivity contribution is 9.10. The molecule has 0 aliphatic carbocycles. The molecule has 0 spiro atoms. The molecule has 28 heavy (non-hydrogen) atoms. The van der Waals surface area contributed by atoms with Crippen molar-refractivity contribution in [2.24, 2.45) is 0 Å². The molecule has 3 aromatic rings. The fraction of sp³-hybridized carbons (Fsp3) is 0.250. The number of rotatable bonds is 7. The Morgan fingerprint density at radius 1 is 1.18 bits per heavy atom. The van der Waals surface area contributed by atoms with E-state index in [9.17, 15) is 4.79 Å². The largest absolute Gasteiger partial charge is 0.363 e. The predicted molar refractivity (Wildman–Crippen MR) is 119 cm³/mol. The fourth-order valence-corrected chi connectivity index (χ4v) is 4.01. The number of nitrogens with one attached hydrogen (secondary N) is 2. The van der Waals surface area contributed by atoms with Gasteiger partial charge < -0.3 is 15.5 Å². The number of carbonyl (C=O) groups excluding carboxylic acids is 1. The molecule has 2 aromatic heterocycles. The average Bonchev–Trinajstić information content (AvgIpc) is 3.05. The van der Waals surface area contributed by atoms with Crippen LogP contribution < -0.4 is 15.5 Å². The highest BCUT2D eigenvalue weighted by Crippen LogP contribution is 2.21. The van der Waals surface area contributed by atoms with E-state index in [-0.39, 0.29) is 5.91 Å². The lowest BCUT2D eigenvalue weighted by molar-refractivity contribution is -0.115. The second-order valence-electron chi connectivity index (χ2n) is 6.59. The number of amides is 1. The van der Waals surface area contributed by atoms with Crippen LogP contribution in [0, 0.1) is 6.92 Å². The zero-order chi connectivity index (χ0) is 20.1. The number of hydrogen-bond acceptors (Lipinski definition) is 6. The summed E-state index contributed by atoms with van der Waals surface area (Å²) in [4.78, 5) is 24.0. The van der Waals surface area contributed by atoms with Crippen LogP contribution in [0.15, 0.2) is 46.3 Å². The van der Waals surface area contributed by atoms with E-state index in [1.54, 1.807) is 11.3 Å². The van der Waals surface area contributed by atoms with E-state index in [1.165, 1.54) is 0 Å². The van der Waals surface area contributed by atoms with Crippen LogP contribution in [0.25, 0.3) is 0 Å². The van der Waals surface area contributed by atoms with E-state index < -0.39 is 0 Å². The maximum atomic E-state index is 12.2. The van der Waals surface area contributed by atoms with E-state index in [4.69, 9.17) is 0 Å². The lowest BCUT2D eigenvalue weighted by Gasteiger charge is -2.14. The Labute approximate surface area is 177 Å². The molecule has 0 atom stereocenters. The van der Waals surface area contributed by atoms with Gasteiger partial charge in [-0.05, 0) is 46.6 Å². The number of aryl methyl sites for hydroxylation is 1. The van der Waals surface area contributed by atoms with Gasteiger partial charge in [0.2, 0.25) is 11.9 Å². The molecule has 0 fully saturated rings. The summed E-state index contributed by atoms with van der Waals surface area (Å²) in [5.41, 5.74) is 2.78. The third-order valence-electron chi connectivity index (χ3n) is 3.94. The molecule has 1 amide bonds. The highest BCUT2D eigenvalue weighted by atomic mass is 79.9. The lowest BCUT2D eigenvalue weighted by Crippen LogP contribution is -2.14. The number of anilines is 3. The van der Waals surface area contributed by atoms with E-state index in [0.717, 1.165) is 32.1 Å². The maximum Gasteiger partial charge on any atom is 0.229 e. The normalized spacial score (nSPS) is 10.6. The van der Waals surface area contributed by atoms with Gasteiger partial charge in [0.1, 0.15) is 5.82 Å². The predicted octanol–water partition coefficient (Wildman–Crippen LogP) is 4.47. The molecule has 8 heteroatoms. The van der Waals surface area contributed by atoms with Crippen molar-refractivity contribution < 1.29 is 4.79 Å². The molecule has 0 bridgehead atoms. The zero-order valence-electron chi connectivity index (χ0n) is 16.0. The van der Waals surface area contributed by atoms with Gasteiger partial charge in [-0.3, -0.25) is 4.79 Å². The van der Waals surface area contributed by atoms with Gasteiger partial charge in [-0.25, -0.2) is 4.98 Å². The van der Waals surface area contributed by atoms with Crippen molar-refractivity contribution in [2.75, 3.05) is 29.6 Å². The number of hydrogen-bond donors (Lipinski definition) is 2. The van der Waals surface area contributed by atoms with Crippen LogP contribution in [0.3, 0.4) is 0 Å².